The van der Waals surface area contributed by atoms with Crippen molar-refractivity contribution in [3.63, 3.8) is 0 Å². The average molecular weight is 531 g/mol. The predicted octanol–water partition coefficient (Wildman–Crippen LogP) is 3.11. The van der Waals surface area contributed by atoms with Crippen molar-refractivity contribution in [3.8, 4) is 11.8 Å². The third-order valence-electron chi connectivity index (χ3n) is 8.21. The lowest BCUT2D eigenvalue weighted by molar-refractivity contribution is -0.152. The van der Waals surface area contributed by atoms with E-state index in [1.807, 2.05) is 41.8 Å². The predicted molar refractivity (Wildman–Crippen MR) is 141 cm³/mol. The van der Waals surface area contributed by atoms with Crippen LogP contribution in [0.1, 0.15) is 36.7 Å². The quantitative estimate of drug-likeness (QED) is 0.535. The van der Waals surface area contributed by atoms with Gasteiger partial charge >= 0.3 is 0 Å². The number of aromatic nitrogens is 3. The fourth-order valence-electron chi connectivity index (χ4n) is 6.03. The smallest absolute Gasteiger partial charge is 0.228 e. The molecule has 202 valence electrons. The number of pyridine rings is 1. The first kappa shape index (κ1) is 26.5. The monoisotopic (exact) mass is 530 g/mol. The molecule has 2 aliphatic heterocycles. The second kappa shape index (κ2) is 10.6. The van der Waals surface area contributed by atoms with E-state index < -0.39 is 11.5 Å². The van der Waals surface area contributed by atoms with Crippen LogP contribution < -0.4 is 9.64 Å². The number of aliphatic hydroxyl groups is 1. The zero-order valence-corrected chi connectivity index (χ0v) is 22.2. The Labute approximate surface area is 226 Å². The van der Waals surface area contributed by atoms with E-state index in [1.165, 1.54) is 12.1 Å². The molecule has 2 aromatic heterocycles. The Balaban J connectivity index is 1.41. The summed E-state index contributed by atoms with van der Waals surface area (Å²) in [6.45, 7) is 5.51. The van der Waals surface area contributed by atoms with E-state index in [4.69, 9.17) is 10.00 Å². The number of likely N-dealkylation sites (tertiary alicyclic amines) is 1. The molecule has 0 bridgehead atoms. The van der Waals surface area contributed by atoms with Gasteiger partial charge in [-0.1, -0.05) is 26.0 Å². The molecule has 2 aliphatic rings. The van der Waals surface area contributed by atoms with Crippen LogP contribution in [-0.2, 0) is 10.4 Å². The Morgan fingerprint density at radius 3 is 2.33 bits per heavy atom. The molecule has 0 aliphatic carbocycles. The summed E-state index contributed by atoms with van der Waals surface area (Å²) in [5, 5.41) is 29.0. The van der Waals surface area contributed by atoms with Crippen LogP contribution in [0.4, 0.5) is 10.2 Å². The number of nitrogens with zero attached hydrogens (tertiary/aromatic N) is 6. The van der Waals surface area contributed by atoms with Gasteiger partial charge in [-0.25, -0.2) is 4.39 Å². The van der Waals surface area contributed by atoms with Crippen LogP contribution in [0.3, 0.4) is 0 Å². The Hall–Kier alpha value is -4.10. The van der Waals surface area contributed by atoms with Crippen LogP contribution in [0.25, 0.3) is 0 Å². The number of benzene rings is 1. The van der Waals surface area contributed by atoms with Crippen LogP contribution in [-0.4, -0.2) is 64.4 Å². The first-order chi connectivity index (χ1) is 18.7. The second-order valence-corrected chi connectivity index (χ2v) is 10.5. The van der Waals surface area contributed by atoms with Crippen molar-refractivity contribution in [2.45, 2.75) is 25.4 Å². The van der Waals surface area contributed by atoms with Gasteiger partial charge in [-0.15, -0.1) is 10.2 Å². The van der Waals surface area contributed by atoms with Crippen molar-refractivity contribution in [2.24, 2.45) is 17.8 Å². The molecule has 2 saturated heterocycles. The number of rotatable bonds is 5. The summed E-state index contributed by atoms with van der Waals surface area (Å²) in [5.41, 5.74) is 0.479. The molecule has 0 radical (unpaired) electrons. The number of hydrogen-bond acceptors (Lipinski definition) is 8. The van der Waals surface area contributed by atoms with Gasteiger partial charge in [0.2, 0.25) is 5.91 Å². The van der Waals surface area contributed by atoms with Crippen molar-refractivity contribution in [3.05, 3.63) is 77.5 Å². The molecule has 1 aromatic carbocycles. The summed E-state index contributed by atoms with van der Waals surface area (Å²) in [6.07, 6.45) is 1.65. The largest absolute Gasteiger partial charge is 0.495 e. The van der Waals surface area contributed by atoms with Crippen LogP contribution in [0.15, 0.2) is 54.7 Å². The minimum atomic E-state index is -1.18. The first-order valence-electron chi connectivity index (χ1n) is 13.0. The van der Waals surface area contributed by atoms with E-state index in [2.05, 4.69) is 15.2 Å². The topological polar surface area (TPSA) is 115 Å². The molecule has 39 heavy (non-hydrogen) atoms. The molecule has 2 fully saturated rings. The molecular weight excluding hydrogens is 499 g/mol. The summed E-state index contributed by atoms with van der Waals surface area (Å²) in [6, 6.07) is 15.0. The molecule has 3 aromatic rings. The highest BCUT2D eigenvalue weighted by Crippen LogP contribution is 2.43. The zero-order valence-electron chi connectivity index (χ0n) is 22.2. The first-order valence-corrected chi connectivity index (χ1v) is 13.0. The third-order valence-corrected chi connectivity index (χ3v) is 8.21. The lowest BCUT2D eigenvalue weighted by atomic mass is 9.70. The van der Waals surface area contributed by atoms with E-state index in [0.717, 1.165) is 5.69 Å². The highest BCUT2D eigenvalue weighted by molar-refractivity contribution is 5.82. The fraction of sp³-hybridized carbons (Fsp3) is 0.414. The molecular formula is C29H31FN6O3. The van der Waals surface area contributed by atoms with Gasteiger partial charge in [-0.3, -0.25) is 9.78 Å². The van der Waals surface area contributed by atoms with Gasteiger partial charge in [-0.2, -0.15) is 5.26 Å². The summed E-state index contributed by atoms with van der Waals surface area (Å²) in [7, 11) is 1.58. The highest BCUT2D eigenvalue weighted by atomic mass is 19.1. The molecule has 1 N–H and O–H groups in total. The van der Waals surface area contributed by atoms with Crippen molar-refractivity contribution >= 4 is 11.7 Å². The lowest BCUT2D eigenvalue weighted by Gasteiger charge is -2.48. The van der Waals surface area contributed by atoms with Crippen LogP contribution >= 0.6 is 0 Å². The van der Waals surface area contributed by atoms with Gasteiger partial charge in [0.25, 0.3) is 0 Å². The van der Waals surface area contributed by atoms with E-state index >= 15 is 0 Å². The number of anilines is 1. The molecule has 0 saturated carbocycles. The molecule has 5 rings (SSSR count). The maximum atomic E-state index is 14.1. The van der Waals surface area contributed by atoms with Gasteiger partial charge in [0.05, 0.1) is 24.8 Å². The number of piperidine rings is 1. The molecule has 10 heteroatoms. The van der Waals surface area contributed by atoms with Gasteiger partial charge < -0.3 is 19.6 Å². The standard InChI is InChI=1S/C29H31FN6O3/c1-18-14-36(15-19(2)29(18,38)20-4-6-21(30)7-5-20)28(37)25-17-35(27-11-8-22(12-31)33-34-27)16-24(25)26-10-9-23(39-3)13-32-26/h4-11,13,18-19,24-25,38H,14-17H2,1-3H3/t18-,19+,24-,25-,29?/m1/s1. The number of nitriles is 1. The van der Waals surface area contributed by atoms with Crippen molar-refractivity contribution in [2.75, 3.05) is 38.2 Å². The van der Waals surface area contributed by atoms with Gasteiger partial charge in [-0.05, 0) is 42.0 Å². The average Bonchev–Trinajstić information content (AvgIpc) is 3.41. The minimum Gasteiger partial charge on any atom is -0.495 e. The van der Waals surface area contributed by atoms with Crippen LogP contribution in [0.5, 0.6) is 5.75 Å². The third kappa shape index (κ3) is 4.90. The van der Waals surface area contributed by atoms with Gasteiger partial charge in [0.15, 0.2) is 11.5 Å². The summed E-state index contributed by atoms with van der Waals surface area (Å²) in [5.74, 6) is -0.288. The Bertz CT molecular complexity index is 1350. The normalized spacial score (nSPS) is 26.8. The van der Waals surface area contributed by atoms with Gasteiger partial charge in [0, 0.05) is 49.6 Å². The molecule has 1 amide bonds. The number of carbonyl (C=O) groups is 1. The lowest BCUT2D eigenvalue weighted by Crippen LogP contribution is -2.57. The number of ether oxygens (including phenoxy) is 1. The van der Waals surface area contributed by atoms with Crippen molar-refractivity contribution in [1.82, 2.24) is 20.1 Å². The van der Waals surface area contributed by atoms with Gasteiger partial charge in [0.1, 0.15) is 17.6 Å². The second-order valence-electron chi connectivity index (χ2n) is 10.5. The maximum Gasteiger partial charge on any atom is 0.228 e. The number of carbonyl (C=O) groups excluding carboxylic acids is 1. The molecule has 5 atom stereocenters. The highest BCUT2D eigenvalue weighted by Gasteiger charge is 2.49. The summed E-state index contributed by atoms with van der Waals surface area (Å²) < 4.78 is 18.8. The molecule has 0 spiro atoms. The minimum absolute atomic E-state index is 0.0124. The maximum absolute atomic E-state index is 14.1. The number of methoxy groups -OCH3 is 1. The Morgan fingerprint density at radius 1 is 1.05 bits per heavy atom. The number of halogens is 1. The molecule has 9 nitrogen and oxygen atoms in total. The fourth-order valence-corrected chi connectivity index (χ4v) is 6.03. The van der Waals surface area contributed by atoms with Crippen molar-refractivity contribution < 1.29 is 19.0 Å². The van der Waals surface area contributed by atoms with Crippen LogP contribution in [0, 0.1) is 34.9 Å². The summed E-state index contributed by atoms with van der Waals surface area (Å²) >= 11 is 0. The van der Waals surface area contributed by atoms with E-state index in [-0.39, 0.29) is 35.2 Å². The SMILES string of the molecule is COc1ccc([C@@H]2CN(c3ccc(C#N)nn3)C[C@H]2C(=O)N2C[C@@H](C)C(O)(c3ccc(F)cc3)[C@@H](C)C2)nc1. The van der Waals surface area contributed by atoms with E-state index in [0.29, 0.717) is 43.3 Å². The molecule has 1 unspecified atom stereocenters. The molecule has 4 heterocycles. The van der Waals surface area contributed by atoms with E-state index in [1.54, 1.807) is 37.6 Å². The van der Waals surface area contributed by atoms with Crippen molar-refractivity contribution in [1.29, 1.82) is 5.26 Å². The van der Waals surface area contributed by atoms with E-state index in [9.17, 15) is 14.3 Å². The zero-order chi connectivity index (χ0) is 27.7. The van der Waals surface area contributed by atoms with Crippen LogP contribution in [0.2, 0.25) is 0 Å². The number of hydrogen-bond donors (Lipinski definition) is 1. The number of amides is 1. The Morgan fingerprint density at radius 2 is 1.77 bits per heavy atom. The Kier molecular flexibility index (Phi) is 7.19. The summed E-state index contributed by atoms with van der Waals surface area (Å²) in [4.78, 5) is 22.5.